The minimum Gasteiger partial charge on any atom is -0.496 e. The zero-order valence-electron chi connectivity index (χ0n) is 10.4. The summed E-state index contributed by atoms with van der Waals surface area (Å²) in [6.07, 6.45) is 0.665. The van der Waals surface area contributed by atoms with Crippen molar-refractivity contribution in [2.45, 2.75) is 19.1 Å². The Morgan fingerprint density at radius 2 is 2.06 bits per heavy atom. The maximum atomic E-state index is 5.75. The summed E-state index contributed by atoms with van der Waals surface area (Å²) in [5.74, 6) is 0.209. The number of aryl methyl sites for hydroxylation is 1. The molecule has 0 spiro atoms. The van der Waals surface area contributed by atoms with Crippen LogP contribution in [0.25, 0.3) is 0 Å². The smallest absolute Gasteiger partial charge is 0.196 e. The zero-order valence-corrected chi connectivity index (χ0v) is 10.4. The summed E-state index contributed by atoms with van der Waals surface area (Å²) in [7, 11) is 1.67. The zero-order chi connectivity index (χ0) is 12.3. The predicted molar refractivity (Wildman–Crippen MR) is 65.0 cm³/mol. The second-order valence-corrected chi connectivity index (χ2v) is 4.17. The van der Waals surface area contributed by atoms with Crippen LogP contribution >= 0.6 is 0 Å². The van der Waals surface area contributed by atoms with Gasteiger partial charge in [0.2, 0.25) is 0 Å². The number of methoxy groups -OCH3 is 1. The summed E-state index contributed by atoms with van der Waals surface area (Å²) in [6, 6.07) is 5.96. The van der Waals surface area contributed by atoms with E-state index < -0.39 is 5.79 Å². The topological polar surface area (TPSA) is 53.7 Å². The molecule has 2 rings (SSSR count). The molecule has 4 heteroatoms. The average molecular weight is 237 g/mol. The molecular weight excluding hydrogens is 218 g/mol. The van der Waals surface area contributed by atoms with Gasteiger partial charge in [-0.3, -0.25) is 0 Å². The average Bonchev–Trinajstić information content (AvgIpc) is 2.79. The Hall–Kier alpha value is -1.10. The van der Waals surface area contributed by atoms with Gasteiger partial charge in [0.05, 0.1) is 20.3 Å². The Bertz CT molecular complexity index is 386. The molecule has 1 heterocycles. The van der Waals surface area contributed by atoms with Crippen molar-refractivity contribution in [3.63, 3.8) is 0 Å². The van der Waals surface area contributed by atoms with Crippen LogP contribution in [0.2, 0.25) is 0 Å². The van der Waals surface area contributed by atoms with Crippen LogP contribution < -0.4 is 10.5 Å². The third-order valence-electron chi connectivity index (χ3n) is 3.06. The van der Waals surface area contributed by atoms with Crippen LogP contribution in [0.3, 0.4) is 0 Å². The molecule has 0 unspecified atom stereocenters. The van der Waals surface area contributed by atoms with Gasteiger partial charge in [0.1, 0.15) is 5.75 Å². The molecule has 17 heavy (non-hydrogen) atoms. The van der Waals surface area contributed by atoms with E-state index in [2.05, 4.69) is 0 Å². The maximum absolute atomic E-state index is 5.75. The van der Waals surface area contributed by atoms with Crippen LogP contribution in [-0.4, -0.2) is 26.9 Å². The molecule has 0 atom stereocenters. The molecular formula is C13H19NO3. The molecule has 1 aromatic rings. The van der Waals surface area contributed by atoms with E-state index in [4.69, 9.17) is 19.9 Å². The quantitative estimate of drug-likeness (QED) is 0.863. The van der Waals surface area contributed by atoms with E-state index in [9.17, 15) is 0 Å². The lowest BCUT2D eigenvalue weighted by Crippen LogP contribution is -2.30. The van der Waals surface area contributed by atoms with Crippen LogP contribution in [0.15, 0.2) is 18.2 Å². The Morgan fingerprint density at radius 3 is 2.59 bits per heavy atom. The Balaban J connectivity index is 2.33. The van der Waals surface area contributed by atoms with Gasteiger partial charge in [-0.05, 0) is 37.2 Å². The fraction of sp³-hybridized carbons (Fsp3) is 0.538. The molecule has 0 aliphatic carbocycles. The fourth-order valence-corrected chi connectivity index (χ4v) is 2.22. The summed E-state index contributed by atoms with van der Waals surface area (Å²) >= 11 is 0. The second kappa shape index (κ2) is 5.04. The summed E-state index contributed by atoms with van der Waals surface area (Å²) in [5, 5.41) is 0. The molecule has 0 bridgehead atoms. The van der Waals surface area contributed by atoms with Gasteiger partial charge in [0.15, 0.2) is 5.79 Å². The largest absolute Gasteiger partial charge is 0.496 e. The molecule has 2 N–H and O–H groups in total. The molecule has 4 nitrogen and oxygen atoms in total. The normalized spacial score (nSPS) is 18.3. The predicted octanol–water partition coefficient (Wildman–Crippen LogP) is 1.55. The molecule has 1 aliphatic rings. The van der Waals surface area contributed by atoms with Crippen molar-refractivity contribution in [1.29, 1.82) is 0 Å². The first-order chi connectivity index (χ1) is 8.22. The highest BCUT2D eigenvalue weighted by Crippen LogP contribution is 2.36. The standard InChI is InChI=1S/C13H19NO3/c1-10-9-11(3-4-12(10)15-2)13(5-6-14)16-7-8-17-13/h3-4,9H,5-8,14H2,1-2H3. The highest BCUT2D eigenvalue weighted by atomic mass is 16.7. The molecule has 1 aromatic carbocycles. The summed E-state index contributed by atoms with van der Waals surface area (Å²) in [5.41, 5.74) is 7.72. The summed E-state index contributed by atoms with van der Waals surface area (Å²) in [4.78, 5) is 0. The molecule has 0 aromatic heterocycles. The number of nitrogens with two attached hydrogens (primary N) is 1. The molecule has 1 saturated heterocycles. The minimum absolute atomic E-state index is 0.533. The Labute approximate surface area is 102 Å². The van der Waals surface area contributed by atoms with E-state index in [1.165, 1.54) is 0 Å². The van der Waals surface area contributed by atoms with Gasteiger partial charge in [0.25, 0.3) is 0 Å². The summed E-state index contributed by atoms with van der Waals surface area (Å²) in [6.45, 7) is 3.77. The van der Waals surface area contributed by atoms with E-state index in [1.54, 1.807) is 7.11 Å². The van der Waals surface area contributed by atoms with Crippen molar-refractivity contribution >= 4 is 0 Å². The monoisotopic (exact) mass is 237 g/mol. The lowest BCUT2D eigenvalue weighted by atomic mass is 10.00. The number of hydrogen-bond donors (Lipinski definition) is 1. The van der Waals surface area contributed by atoms with Crippen LogP contribution in [-0.2, 0) is 15.3 Å². The highest BCUT2D eigenvalue weighted by Gasteiger charge is 2.37. The van der Waals surface area contributed by atoms with Crippen molar-refractivity contribution in [3.8, 4) is 5.75 Å². The summed E-state index contributed by atoms with van der Waals surface area (Å²) < 4.78 is 16.8. The Kier molecular flexibility index (Phi) is 3.66. The number of hydrogen-bond acceptors (Lipinski definition) is 4. The molecule has 0 saturated carbocycles. The van der Waals surface area contributed by atoms with Crippen molar-refractivity contribution in [2.75, 3.05) is 26.9 Å². The molecule has 94 valence electrons. The van der Waals surface area contributed by atoms with E-state index in [1.807, 2.05) is 25.1 Å². The first kappa shape index (κ1) is 12.4. The third kappa shape index (κ3) is 2.29. The van der Waals surface area contributed by atoms with E-state index in [0.29, 0.717) is 26.2 Å². The van der Waals surface area contributed by atoms with Gasteiger partial charge >= 0.3 is 0 Å². The van der Waals surface area contributed by atoms with Crippen LogP contribution in [0.4, 0.5) is 0 Å². The third-order valence-corrected chi connectivity index (χ3v) is 3.06. The Morgan fingerprint density at radius 1 is 1.35 bits per heavy atom. The van der Waals surface area contributed by atoms with Crippen molar-refractivity contribution < 1.29 is 14.2 Å². The van der Waals surface area contributed by atoms with E-state index in [-0.39, 0.29) is 0 Å². The maximum Gasteiger partial charge on any atom is 0.196 e. The van der Waals surface area contributed by atoms with E-state index in [0.717, 1.165) is 16.9 Å². The van der Waals surface area contributed by atoms with Gasteiger partial charge < -0.3 is 19.9 Å². The van der Waals surface area contributed by atoms with Gasteiger partial charge in [0, 0.05) is 12.0 Å². The van der Waals surface area contributed by atoms with Crippen LogP contribution in [0.1, 0.15) is 17.5 Å². The molecule has 0 radical (unpaired) electrons. The fourth-order valence-electron chi connectivity index (χ4n) is 2.22. The van der Waals surface area contributed by atoms with Crippen molar-refractivity contribution in [3.05, 3.63) is 29.3 Å². The number of rotatable bonds is 4. The van der Waals surface area contributed by atoms with Gasteiger partial charge in [-0.2, -0.15) is 0 Å². The minimum atomic E-state index is -0.661. The second-order valence-electron chi connectivity index (χ2n) is 4.17. The highest BCUT2D eigenvalue weighted by molar-refractivity contribution is 5.38. The van der Waals surface area contributed by atoms with Crippen molar-refractivity contribution in [2.24, 2.45) is 5.73 Å². The first-order valence-electron chi connectivity index (χ1n) is 5.85. The number of benzene rings is 1. The van der Waals surface area contributed by atoms with Gasteiger partial charge in [-0.15, -0.1) is 0 Å². The van der Waals surface area contributed by atoms with Crippen LogP contribution in [0.5, 0.6) is 5.75 Å². The van der Waals surface area contributed by atoms with Crippen molar-refractivity contribution in [1.82, 2.24) is 0 Å². The van der Waals surface area contributed by atoms with Crippen LogP contribution in [0, 0.1) is 6.92 Å². The lowest BCUT2D eigenvalue weighted by Gasteiger charge is -2.28. The van der Waals surface area contributed by atoms with Gasteiger partial charge in [-0.25, -0.2) is 0 Å². The first-order valence-corrected chi connectivity index (χ1v) is 5.85. The number of ether oxygens (including phenoxy) is 3. The lowest BCUT2D eigenvalue weighted by molar-refractivity contribution is -0.168. The van der Waals surface area contributed by atoms with Gasteiger partial charge in [-0.1, -0.05) is 0 Å². The van der Waals surface area contributed by atoms with E-state index >= 15 is 0 Å². The molecule has 0 amide bonds. The SMILES string of the molecule is COc1ccc(C2(CCN)OCCO2)cc1C. The molecule has 1 aliphatic heterocycles. The molecule has 1 fully saturated rings.